The highest BCUT2D eigenvalue weighted by molar-refractivity contribution is 6.05. The number of benzene rings is 2. The Labute approximate surface area is 122 Å². The number of carbonyl (C=O) groups excluding carboxylic acids is 2. The normalized spacial score (nSPS) is 9.95. The fourth-order valence-electron chi connectivity index (χ4n) is 1.82. The highest BCUT2D eigenvalue weighted by Gasteiger charge is 2.08. The molecule has 0 aliphatic carbocycles. The molecular formula is C16H16N2O3. The van der Waals surface area contributed by atoms with Crippen LogP contribution >= 0.6 is 0 Å². The molecule has 0 spiro atoms. The summed E-state index contributed by atoms with van der Waals surface area (Å²) in [7, 11) is 0. The minimum absolute atomic E-state index is 0.264. The molecule has 0 atom stereocenters. The monoisotopic (exact) mass is 284 g/mol. The molecule has 21 heavy (non-hydrogen) atoms. The van der Waals surface area contributed by atoms with Crippen molar-refractivity contribution in [3.8, 4) is 5.75 Å². The molecule has 0 aliphatic heterocycles. The lowest BCUT2D eigenvalue weighted by atomic mass is 10.1. The standard InChI is InChI=1S/C16H16N2O3/c1-2-21-14-8-6-11(7-9-14)16(20)18-13-5-3-4-12(10-13)15(17)19/h3-10H,2H2,1H3,(H2,17,19)(H,18,20). The van der Waals surface area contributed by atoms with E-state index in [1.807, 2.05) is 6.92 Å². The van der Waals surface area contributed by atoms with Crippen LogP contribution in [0.25, 0.3) is 0 Å². The molecule has 0 aliphatic rings. The van der Waals surface area contributed by atoms with Gasteiger partial charge in [-0.05, 0) is 49.4 Å². The number of rotatable bonds is 5. The van der Waals surface area contributed by atoms with Crippen LogP contribution < -0.4 is 15.8 Å². The summed E-state index contributed by atoms with van der Waals surface area (Å²) in [5.74, 6) is -0.0865. The lowest BCUT2D eigenvalue weighted by molar-refractivity contribution is 0.0996. The van der Waals surface area contributed by atoms with E-state index in [1.54, 1.807) is 42.5 Å². The summed E-state index contributed by atoms with van der Waals surface area (Å²) >= 11 is 0. The van der Waals surface area contributed by atoms with Crippen LogP contribution in [0, 0.1) is 0 Å². The van der Waals surface area contributed by atoms with Gasteiger partial charge in [-0.1, -0.05) is 6.07 Å². The van der Waals surface area contributed by atoms with Crippen molar-refractivity contribution in [3.63, 3.8) is 0 Å². The maximum atomic E-state index is 12.1. The van der Waals surface area contributed by atoms with Gasteiger partial charge in [0, 0.05) is 16.8 Å². The minimum atomic E-state index is -0.535. The Kier molecular flexibility index (Phi) is 4.56. The summed E-state index contributed by atoms with van der Waals surface area (Å²) in [6, 6.07) is 13.3. The van der Waals surface area contributed by atoms with Crippen molar-refractivity contribution in [2.75, 3.05) is 11.9 Å². The molecule has 5 nitrogen and oxygen atoms in total. The van der Waals surface area contributed by atoms with E-state index in [0.29, 0.717) is 29.2 Å². The smallest absolute Gasteiger partial charge is 0.255 e. The van der Waals surface area contributed by atoms with Gasteiger partial charge in [-0.3, -0.25) is 9.59 Å². The molecule has 0 heterocycles. The van der Waals surface area contributed by atoms with Crippen LogP contribution in [0.4, 0.5) is 5.69 Å². The Morgan fingerprint density at radius 2 is 1.81 bits per heavy atom. The van der Waals surface area contributed by atoms with E-state index in [9.17, 15) is 9.59 Å². The van der Waals surface area contributed by atoms with E-state index in [0.717, 1.165) is 0 Å². The Bertz CT molecular complexity index is 651. The second-order valence-electron chi connectivity index (χ2n) is 4.36. The molecule has 0 bridgehead atoms. The average molecular weight is 284 g/mol. The van der Waals surface area contributed by atoms with E-state index < -0.39 is 5.91 Å². The molecule has 0 saturated heterocycles. The number of primary amides is 1. The molecule has 0 saturated carbocycles. The van der Waals surface area contributed by atoms with Crippen LogP contribution in [0.2, 0.25) is 0 Å². The SMILES string of the molecule is CCOc1ccc(C(=O)Nc2cccc(C(N)=O)c2)cc1. The van der Waals surface area contributed by atoms with Crippen molar-refractivity contribution in [2.24, 2.45) is 5.73 Å². The van der Waals surface area contributed by atoms with E-state index in [2.05, 4.69) is 5.32 Å². The number of ether oxygens (including phenoxy) is 1. The van der Waals surface area contributed by atoms with Crippen molar-refractivity contribution in [2.45, 2.75) is 6.92 Å². The van der Waals surface area contributed by atoms with Crippen LogP contribution in [0.15, 0.2) is 48.5 Å². The lowest BCUT2D eigenvalue weighted by Crippen LogP contribution is -2.14. The Morgan fingerprint density at radius 3 is 2.43 bits per heavy atom. The maximum Gasteiger partial charge on any atom is 0.255 e. The molecule has 0 unspecified atom stereocenters. The number of hydrogen-bond donors (Lipinski definition) is 2. The molecule has 0 aromatic heterocycles. The number of nitrogens with one attached hydrogen (secondary N) is 1. The third-order valence-corrected chi connectivity index (χ3v) is 2.83. The predicted molar refractivity (Wildman–Crippen MR) is 80.5 cm³/mol. The second-order valence-corrected chi connectivity index (χ2v) is 4.36. The molecule has 2 aromatic rings. The summed E-state index contributed by atoms with van der Waals surface area (Å²) in [5, 5.41) is 2.72. The van der Waals surface area contributed by atoms with Gasteiger partial charge in [0.1, 0.15) is 5.75 Å². The average Bonchev–Trinajstić information content (AvgIpc) is 2.48. The van der Waals surface area contributed by atoms with E-state index in [-0.39, 0.29) is 5.91 Å². The third-order valence-electron chi connectivity index (χ3n) is 2.83. The van der Waals surface area contributed by atoms with Gasteiger partial charge in [0.2, 0.25) is 5.91 Å². The Morgan fingerprint density at radius 1 is 1.10 bits per heavy atom. The first kappa shape index (κ1) is 14.6. The maximum absolute atomic E-state index is 12.1. The molecule has 2 rings (SSSR count). The predicted octanol–water partition coefficient (Wildman–Crippen LogP) is 2.44. The Balaban J connectivity index is 2.10. The number of carbonyl (C=O) groups is 2. The van der Waals surface area contributed by atoms with Crippen LogP contribution in [0.3, 0.4) is 0 Å². The van der Waals surface area contributed by atoms with Crippen molar-refractivity contribution in [3.05, 3.63) is 59.7 Å². The molecule has 0 radical (unpaired) electrons. The molecule has 2 amide bonds. The quantitative estimate of drug-likeness (QED) is 0.884. The summed E-state index contributed by atoms with van der Waals surface area (Å²) in [6.45, 7) is 2.47. The number of anilines is 1. The van der Waals surface area contributed by atoms with E-state index in [1.165, 1.54) is 6.07 Å². The fourth-order valence-corrected chi connectivity index (χ4v) is 1.82. The molecule has 2 aromatic carbocycles. The van der Waals surface area contributed by atoms with Gasteiger partial charge in [0.25, 0.3) is 5.91 Å². The number of hydrogen-bond acceptors (Lipinski definition) is 3. The topological polar surface area (TPSA) is 81.4 Å². The number of amides is 2. The third kappa shape index (κ3) is 3.82. The van der Waals surface area contributed by atoms with Crippen LogP contribution in [-0.4, -0.2) is 18.4 Å². The van der Waals surface area contributed by atoms with Crippen molar-refractivity contribution >= 4 is 17.5 Å². The zero-order valence-corrected chi connectivity index (χ0v) is 11.6. The zero-order valence-electron chi connectivity index (χ0n) is 11.6. The summed E-state index contributed by atoms with van der Waals surface area (Å²) in [4.78, 5) is 23.2. The molecule has 108 valence electrons. The number of nitrogens with two attached hydrogens (primary N) is 1. The first-order valence-corrected chi connectivity index (χ1v) is 6.54. The van der Waals surface area contributed by atoms with Gasteiger partial charge >= 0.3 is 0 Å². The second kappa shape index (κ2) is 6.56. The zero-order chi connectivity index (χ0) is 15.2. The molecule has 5 heteroatoms. The van der Waals surface area contributed by atoms with Crippen molar-refractivity contribution in [1.29, 1.82) is 0 Å². The van der Waals surface area contributed by atoms with Gasteiger partial charge in [-0.15, -0.1) is 0 Å². The lowest BCUT2D eigenvalue weighted by Gasteiger charge is -2.07. The minimum Gasteiger partial charge on any atom is -0.494 e. The van der Waals surface area contributed by atoms with Gasteiger partial charge in [0.05, 0.1) is 6.61 Å². The molecular weight excluding hydrogens is 268 g/mol. The fraction of sp³-hybridized carbons (Fsp3) is 0.125. The van der Waals surface area contributed by atoms with Gasteiger partial charge in [-0.25, -0.2) is 0 Å². The van der Waals surface area contributed by atoms with Crippen molar-refractivity contribution in [1.82, 2.24) is 0 Å². The first-order valence-electron chi connectivity index (χ1n) is 6.54. The van der Waals surface area contributed by atoms with Gasteiger partial charge in [0.15, 0.2) is 0 Å². The van der Waals surface area contributed by atoms with Crippen LogP contribution in [-0.2, 0) is 0 Å². The highest BCUT2D eigenvalue weighted by Crippen LogP contribution is 2.15. The molecule has 3 N–H and O–H groups in total. The van der Waals surface area contributed by atoms with Crippen LogP contribution in [0.1, 0.15) is 27.6 Å². The van der Waals surface area contributed by atoms with E-state index in [4.69, 9.17) is 10.5 Å². The van der Waals surface area contributed by atoms with E-state index >= 15 is 0 Å². The van der Waals surface area contributed by atoms with Gasteiger partial charge < -0.3 is 15.8 Å². The first-order chi connectivity index (χ1) is 10.1. The van der Waals surface area contributed by atoms with Crippen molar-refractivity contribution < 1.29 is 14.3 Å². The Hall–Kier alpha value is -2.82. The largest absolute Gasteiger partial charge is 0.494 e. The summed E-state index contributed by atoms with van der Waals surface area (Å²) < 4.78 is 5.32. The highest BCUT2D eigenvalue weighted by atomic mass is 16.5. The van der Waals surface area contributed by atoms with Crippen LogP contribution in [0.5, 0.6) is 5.75 Å². The molecule has 0 fully saturated rings. The van der Waals surface area contributed by atoms with Gasteiger partial charge in [-0.2, -0.15) is 0 Å². The summed E-state index contributed by atoms with van der Waals surface area (Å²) in [6.07, 6.45) is 0. The summed E-state index contributed by atoms with van der Waals surface area (Å²) in [5.41, 5.74) is 6.57.